The Bertz CT molecular complexity index is 210. The highest BCUT2D eigenvalue weighted by molar-refractivity contribution is 7.99. The van der Waals surface area contributed by atoms with Crippen LogP contribution in [0.2, 0.25) is 0 Å². The summed E-state index contributed by atoms with van der Waals surface area (Å²) in [6.07, 6.45) is 3.48. The molecule has 0 rings (SSSR count). The average Bonchev–Trinajstić information content (AvgIpc) is 2.21. The molecule has 1 unspecified atom stereocenters. The molecule has 0 spiro atoms. The molecule has 1 N–H and O–H groups in total. The number of nitrogens with one attached hydrogen (secondary N) is 1. The third-order valence-corrected chi connectivity index (χ3v) is 3.40. The summed E-state index contributed by atoms with van der Waals surface area (Å²) in [5.41, 5.74) is -0.364. The summed E-state index contributed by atoms with van der Waals surface area (Å²) in [5.74, 6) is 1.38. The number of ether oxygens (including phenoxy) is 1. The summed E-state index contributed by atoms with van der Waals surface area (Å²) < 4.78 is 5.24. The van der Waals surface area contributed by atoms with Gasteiger partial charge < -0.3 is 10.1 Å². The summed E-state index contributed by atoms with van der Waals surface area (Å²) in [6, 6.07) is 0.608. The van der Waals surface area contributed by atoms with Crippen LogP contribution in [0, 0.1) is 0 Å². The van der Waals surface area contributed by atoms with E-state index in [1.54, 1.807) is 11.8 Å². The minimum Gasteiger partial charge on any atom is -0.459 e. The van der Waals surface area contributed by atoms with Gasteiger partial charge in [-0.2, -0.15) is 11.8 Å². The van der Waals surface area contributed by atoms with Crippen molar-refractivity contribution >= 4 is 17.7 Å². The van der Waals surface area contributed by atoms with Crippen molar-refractivity contribution in [3.05, 3.63) is 0 Å². The molecule has 0 aliphatic carbocycles. The maximum atomic E-state index is 11.4. The molecule has 0 fully saturated rings. The molecule has 0 heterocycles. The third-order valence-electron chi connectivity index (χ3n) is 2.38. The lowest BCUT2D eigenvalue weighted by molar-refractivity contribution is -0.151. The summed E-state index contributed by atoms with van der Waals surface area (Å²) in [5, 5.41) is 3.28. The fourth-order valence-corrected chi connectivity index (χ4v) is 2.25. The zero-order valence-electron chi connectivity index (χ0n) is 11.8. The first kappa shape index (κ1) is 16.8. The van der Waals surface area contributed by atoms with Crippen molar-refractivity contribution in [3.8, 4) is 0 Å². The zero-order valence-corrected chi connectivity index (χ0v) is 12.7. The lowest BCUT2D eigenvalue weighted by Crippen LogP contribution is -2.25. The Morgan fingerprint density at radius 2 is 2.06 bits per heavy atom. The smallest absolute Gasteiger partial charge is 0.316 e. The second kappa shape index (κ2) is 8.81. The van der Waals surface area contributed by atoms with E-state index in [1.165, 1.54) is 6.42 Å². The second-order valence-electron chi connectivity index (χ2n) is 5.18. The van der Waals surface area contributed by atoms with Crippen LogP contribution in [0.1, 0.15) is 47.0 Å². The molecule has 0 radical (unpaired) electrons. The number of carbonyl (C=O) groups is 1. The van der Waals surface area contributed by atoms with Crippen molar-refractivity contribution in [3.63, 3.8) is 0 Å². The number of esters is 1. The van der Waals surface area contributed by atoms with Gasteiger partial charge in [0.2, 0.25) is 0 Å². The van der Waals surface area contributed by atoms with Gasteiger partial charge in [-0.3, -0.25) is 4.79 Å². The predicted octanol–water partition coefficient (Wildman–Crippen LogP) is 2.84. The number of hydrogen-bond donors (Lipinski definition) is 1. The van der Waals surface area contributed by atoms with E-state index in [9.17, 15) is 4.79 Å². The van der Waals surface area contributed by atoms with Crippen LogP contribution in [0.5, 0.6) is 0 Å². The Hall–Kier alpha value is -0.220. The maximum Gasteiger partial charge on any atom is 0.316 e. The molecule has 0 aliphatic heterocycles. The SMILES string of the molecule is CCC(CCCSCC(=O)OC(C)(C)C)NC. The number of hydrogen-bond acceptors (Lipinski definition) is 4. The standard InChI is InChI=1S/C13H27NO2S/c1-6-11(14-5)8-7-9-17-10-12(15)16-13(2,3)4/h11,14H,6-10H2,1-5H3. The van der Waals surface area contributed by atoms with E-state index < -0.39 is 0 Å². The Labute approximate surface area is 110 Å². The van der Waals surface area contributed by atoms with Gasteiger partial charge in [-0.25, -0.2) is 0 Å². The first-order valence-electron chi connectivity index (χ1n) is 6.36. The molecule has 4 heteroatoms. The summed E-state index contributed by atoms with van der Waals surface area (Å²) >= 11 is 1.66. The van der Waals surface area contributed by atoms with Crippen molar-refractivity contribution in [2.24, 2.45) is 0 Å². The molecule has 0 saturated carbocycles. The van der Waals surface area contributed by atoms with Crippen molar-refractivity contribution < 1.29 is 9.53 Å². The highest BCUT2D eigenvalue weighted by Gasteiger charge is 2.15. The molecule has 0 saturated heterocycles. The molecular formula is C13H27NO2S. The first-order chi connectivity index (χ1) is 7.89. The van der Waals surface area contributed by atoms with E-state index in [0.717, 1.165) is 18.6 Å². The molecule has 1 atom stereocenters. The zero-order chi connectivity index (χ0) is 13.3. The van der Waals surface area contributed by atoms with Gasteiger partial charge in [-0.1, -0.05) is 6.92 Å². The van der Waals surface area contributed by atoms with Crippen LogP contribution in [0.3, 0.4) is 0 Å². The summed E-state index contributed by atoms with van der Waals surface area (Å²) in [4.78, 5) is 11.4. The van der Waals surface area contributed by atoms with Crippen molar-refractivity contribution in [2.75, 3.05) is 18.6 Å². The van der Waals surface area contributed by atoms with Gasteiger partial charge in [0, 0.05) is 6.04 Å². The topological polar surface area (TPSA) is 38.3 Å². The van der Waals surface area contributed by atoms with Crippen LogP contribution >= 0.6 is 11.8 Å². The highest BCUT2D eigenvalue weighted by Crippen LogP contribution is 2.12. The molecule has 17 heavy (non-hydrogen) atoms. The fourth-order valence-electron chi connectivity index (χ4n) is 1.51. The number of carbonyl (C=O) groups excluding carboxylic acids is 1. The quantitative estimate of drug-likeness (QED) is 0.538. The molecule has 0 aromatic carbocycles. The van der Waals surface area contributed by atoms with E-state index in [0.29, 0.717) is 11.8 Å². The van der Waals surface area contributed by atoms with Crippen LogP contribution in [0.15, 0.2) is 0 Å². The molecule has 0 bridgehead atoms. The molecule has 0 aromatic heterocycles. The van der Waals surface area contributed by atoms with Crippen LogP contribution < -0.4 is 5.32 Å². The van der Waals surface area contributed by atoms with Crippen molar-refractivity contribution in [1.29, 1.82) is 0 Å². The monoisotopic (exact) mass is 261 g/mol. The van der Waals surface area contributed by atoms with Crippen LogP contribution in [0.4, 0.5) is 0 Å². The lowest BCUT2D eigenvalue weighted by Gasteiger charge is -2.19. The summed E-state index contributed by atoms with van der Waals surface area (Å²) in [7, 11) is 2.00. The van der Waals surface area contributed by atoms with E-state index in [2.05, 4.69) is 12.2 Å². The highest BCUT2D eigenvalue weighted by atomic mass is 32.2. The molecule has 102 valence electrons. The van der Waals surface area contributed by atoms with Crippen molar-refractivity contribution in [1.82, 2.24) is 5.32 Å². The molecule has 0 amide bonds. The van der Waals surface area contributed by atoms with Crippen LogP contribution in [-0.2, 0) is 9.53 Å². The Morgan fingerprint density at radius 3 is 2.53 bits per heavy atom. The molecule has 0 aliphatic rings. The number of thioether (sulfide) groups is 1. The van der Waals surface area contributed by atoms with Gasteiger partial charge in [0.05, 0.1) is 5.75 Å². The largest absolute Gasteiger partial charge is 0.459 e. The molecule has 3 nitrogen and oxygen atoms in total. The maximum absolute atomic E-state index is 11.4. The normalized spacial score (nSPS) is 13.5. The minimum atomic E-state index is -0.364. The third kappa shape index (κ3) is 10.6. The van der Waals surface area contributed by atoms with Gasteiger partial charge in [-0.05, 0) is 52.8 Å². The Kier molecular flexibility index (Phi) is 8.70. The fraction of sp³-hybridized carbons (Fsp3) is 0.923. The molecular weight excluding hydrogens is 234 g/mol. The van der Waals surface area contributed by atoms with Gasteiger partial charge in [0.15, 0.2) is 0 Å². The van der Waals surface area contributed by atoms with Crippen LogP contribution in [-0.4, -0.2) is 36.2 Å². The molecule has 0 aromatic rings. The van der Waals surface area contributed by atoms with Gasteiger partial charge in [-0.15, -0.1) is 0 Å². The Morgan fingerprint density at radius 1 is 1.41 bits per heavy atom. The van der Waals surface area contributed by atoms with E-state index in [1.807, 2.05) is 27.8 Å². The van der Waals surface area contributed by atoms with Crippen LogP contribution in [0.25, 0.3) is 0 Å². The van der Waals surface area contributed by atoms with E-state index in [-0.39, 0.29) is 11.6 Å². The lowest BCUT2D eigenvalue weighted by atomic mass is 10.1. The minimum absolute atomic E-state index is 0.108. The first-order valence-corrected chi connectivity index (χ1v) is 7.51. The average molecular weight is 261 g/mol. The van der Waals surface area contributed by atoms with Gasteiger partial charge in [0.1, 0.15) is 5.60 Å². The number of rotatable bonds is 8. The van der Waals surface area contributed by atoms with Gasteiger partial charge in [0.25, 0.3) is 0 Å². The Balaban J connectivity index is 3.49. The van der Waals surface area contributed by atoms with Gasteiger partial charge >= 0.3 is 5.97 Å². The van der Waals surface area contributed by atoms with Crippen molar-refractivity contribution in [2.45, 2.75) is 58.6 Å². The predicted molar refractivity (Wildman–Crippen MR) is 75.5 cm³/mol. The van der Waals surface area contributed by atoms with E-state index in [4.69, 9.17) is 4.74 Å². The second-order valence-corrected chi connectivity index (χ2v) is 6.28. The van der Waals surface area contributed by atoms with E-state index >= 15 is 0 Å². The summed E-state index contributed by atoms with van der Waals surface area (Å²) in [6.45, 7) is 7.88.